The van der Waals surface area contributed by atoms with Gasteiger partial charge in [0, 0.05) is 32.2 Å². The Labute approximate surface area is 162 Å². The number of carbonyl (C=O) groups is 2. The number of fused-ring (bicyclic) bond motifs is 1. The normalized spacial score (nSPS) is 24.2. The number of β-lactam (4-membered cyclic amide) rings is 1. The summed E-state index contributed by atoms with van der Waals surface area (Å²) in [5.41, 5.74) is 2.44. The van der Waals surface area contributed by atoms with Crippen molar-refractivity contribution in [2.75, 3.05) is 19.6 Å². The van der Waals surface area contributed by atoms with Gasteiger partial charge in [-0.3, -0.25) is 14.5 Å². The molecule has 146 valence electrons. The van der Waals surface area contributed by atoms with E-state index in [9.17, 15) is 9.59 Å². The van der Waals surface area contributed by atoms with Crippen LogP contribution in [0.5, 0.6) is 0 Å². The predicted octanol–water partition coefficient (Wildman–Crippen LogP) is 2.34. The summed E-state index contributed by atoms with van der Waals surface area (Å²) in [5.74, 6) is 0.241. The number of nitrogens with one attached hydrogen (secondary N) is 1. The minimum Gasteiger partial charge on any atom is -0.353 e. The van der Waals surface area contributed by atoms with Gasteiger partial charge in [0.1, 0.15) is 6.04 Å². The Balaban J connectivity index is 1.33. The fourth-order valence-electron chi connectivity index (χ4n) is 5.27. The number of likely N-dealkylation sites (tertiary alicyclic amines) is 1. The van der Waals surface area contributed by atoms with Gasteiger partial charge in [-0.05, 0) is 44.2 Å². The molecule has 1 saturated carbocycles. The Morgan fingerprint density at radius 3 is 2.63 bits per heavy atom. The zero-order valence-corrected chi connectivity index (χ0v) is 16.5. The average molecular weight is 370 g/mol. The molecule has 1 N–H and O–H groups in total. The lowest BCUT2D eigenvalue weighted by atomic mass is 9.68. The van der Waals surface area contributed by atoms with Gasteiger partial charge in [-0.15, -0.1) is 0 Å². The van der Waals surface area contributed by atoms with Crippen LogP contribution in [0.2, 0.25) is 0 Å². The van der Waals surface area contributed by atoms with E-state index in [0.717, 1.165) is 51.7 Å². The molecule has 1 atom stereocenters. The van der Waals surface area contributed by atoms with Crippen LogP contribution in [0.15, 0.2) is 24.3 Å². The standard InChI is InChI=1S/C22H31N3O2/c1-16(2)25-19(22(21(25)27)10-5-6-11-22)20(26)23-12-14-24-13-9-17-7-3-4-8-18(17)15-24/h3-4,7-8,16,19H,5-6,9-15H2,1-2H3,(H,23,26). The number of rotatable bonds is 5. The van der Waals surface area contributed by atoms with E-state index >= 15 is 0 Å². The first-order valence-corrected chi connectivity index (χ1v) is 10.4. The predicted molar refractivity (Wildman–Crippen MR) is 105 cm³/mol. The highest BCUT2D eigenvalue weighted by Gasteiger charge is 2.64. The third-order valence-corrected chi connectivity index (χ3v) is 6.70. The summed E-state index contributed by atoms with van der Waals surface area (Å²) in [6.45, 7) is 7.51. The third kappa shape index (κ3) is 3.16. The van der Waals surface area contributed by atoms with Gasteiger partial charge >= 0.3 is 0 Å². The molecule has 1 saturated heterocycles. The second-order valence-corrected chi connectivity index (χ2v) is 8.66. The van der Waals surface area contributed by atoms with E-state index in [0.29, 0.717) is 6.54 Å². The first kappa shape index (κ1) is 18.5. The summed E-state index contributed by atoms with van der Waals surface area (Å²) in [4.78, 5) is 29.9. The fourth-order valence-corrected chi connectivity index (χ4v) is 5.27. The Bertz CT molecular complexity index is 724. The van der Waals surface area contributed by atoms with Crippen molar-refractivity contribution in [3.63, 3.8) is 0 Å². The second kappa shape index (κ2) is 7.27. The van der Waals surface area contributed by atoms with Gasteiger partial charge in [0.15, 0.2) is 0 Å². The molecule has 1 aromatic rings. The lowest BCUT2D eigenvalue weighted by Crippen LogP contribution is -2.74. The fraction of sp³-hybridized carbons (Fsp3) is 0.636. The molecular formula is C22H31N3O2. The van der Waals surface area contributed by atoms with Crippen molar-refractivity contribution < 1.29 is 9.59 Å². The van der Waals surface area contributed by atoms with Crippen LogP contribution < -0.4 is 5.32 Å². The molecule has 1 unspecified atom stereocenters. The van der Waals surface area contributed by atoms with Gasteiger partial charge in [0.2, 0.25) is 11.8 Å². The van der Waals surface area contributed by atoms with Crippen molar-refractivity contribution in [2.45, 2.75) is 64.6 Å². The van der Waals surface area contributed by atoms with Gasteiger partial charge < -0.3 is 10.2 Å². The summed E-state index contributed by atoms with van der Waals surface area (Å²) >= 11 is 0. The van der Waals surface area contributed by atoms with E-state index in [1.54, 1.807) is 4.90 Å². The highest BCUT2D eigenvalue weighted by Crippen LogP contribution is 2.52. The van der Waals surface area contributed by atoms with Crippen molar-refractivity contribution in [1.29, 1.82) is 0 Å². The van der Waals surface area contributed by atoms with Gasteiger partial charge in [0.25, 0.3) is 0 Å². The van der Waals surface area contributed by atoms with Crippen LogP contribution in [0, 0.1) is 5.41 Å². The molecule has 0 aromatic heterocycles. The maximum Gasteiger partial charge on any atom is 0.243 e. The summed E-state index contributed by atoms with van der Waals surface area (Å²) in [6.07, 6.45) is 4.95. The molecule has 4 rings (SSSR count). The van der Waals surface area contributed by atoms with E-state index in [-0.39, 0.29) is 23.9 Å². The number of nitrogens with zero attached hydrogens (tertiary/aromatic N) is 2. The molecular weight excluding hydrogens is 338 g/mol. The third-order valence-electron chi connectivity index (χ3n) is 6.70. The maximum atomic E-state index is 13.0. The number of benzene rings is 1. The van der Waals surface area contributed by atoms with Crippen LogP contribution >= 0.6 is 0 Å². The van der Waals surface area contributed by atoms with E-state index < -0.39 is 5.41 Å². The molecule has 5 nitrogen and oxygen atoms in total. The van der Waals surface area contributed by atoms with Gasteiger partial charge in [-0.2, -0.15) is 0 Å². The van der Waals surface area contributed by atoms with Crippen LogP contribution in [0.4, 0.5) is 0 Å². The number of hydrogen-bond acceptors (Lipinski definition) is 3. The molecule has 2 aliphatic heterocycles. The minimum atomic E-state index is -0.404. The summed E-state index contributed by atoms with van der Waals surface area (Å²) in [6, 6.07) is 8.42. The largest absolute Gasteiger partial charge is 0.353 e. The monoisotopic (exact) mass is 369 g/mol. The van der Waals surface area contributed by atoms with Crippen LogP contribution in [0.25, 0.3) is 0 Å². The van der Waals surface area contributed by atoms with Gasteiger partial charge in [0.05, 0.1) is 5.41 Å². The van der Waals surface area contributed by atoms with Crippen molar-refractivity contribution >= 4 is 11.8 Å². The number of amides is 2. The van der Waals surface area contributed by atoms with Crippen LogP contribution in [0.1, 0.15) is 50.7 Å². The van der Waals surface area contributed by atoms with Crippen LogP contribution in [-0.2, 0) is 22.6 Å². The topological polar surface area (TPSA) is 52.7 Å². The first-order chi connectivity index (χ1) is 13.0. The molecule has 2 fully saturated rings. The van der Waals surface area contributed by atoms with Crippen LogP contribution in [-0.4, -0.2) is 53.3 Å². The lowest BCUT2D eigenvalue weighted by molar-refractivity contribution is -0.181. The zero-order chi connectivity index (χ0) is 19.0. The van der Waals surface area contributed by atoms with E-state index in [1.165, 1.54) is 11.1 Å². The van der Waals surface area contributed by atoms with Gasteiger partial charge in [-0.1, -0.05) is 37.1 Å². The maximum absolute atomic E-state index is 13.0. The summed E-state index contributed by atoms with van der Waals surface area (Å²) in [5, 5.41) is 3.14. The molecule has 3 aliphatic rings. The minimum absolute atomic E-state index is 0.0441. The molecule has 1 spiro atoms. The summed E-state index contributed by atoms with van der Waals surface area (Å²) in [7, 11) is 0. The molecule has 1 aliphatic carbocycles. The Morgan fingerprint density at radius 2 is 1.93 bits per heavy atom. The number of hydrogen-bond donors (Lipinski definition) is 1. The zero-order valence-electron chi connectivity index (χ0n) is 16.5. The second-order valence-electron chi connectivity index (χ2n) is 8.66. The van der Waals surface area contributed by atoms with E-state index in [4.69, 9.17) is 0 Å². The molecule has 2 amide bonds. The van der Waals surface area contributed by atoms with Gasteiger partial charge in [-0.25, -0.2) is 0 Å². The van der Waals surface area contributed by atoms with Crippen molar-refractivity contribution in [3.05, 3.63) is 35.4 Å². The molecule has 5 heteroatoms. The van der Waals surface area contributed by atoms with Crippen molar-refractivity contribution in [1.82, 2.24) is 15.1 Å². The average Bonchev–Trinajstić information content (AvgIpc) is 3.17. The Kier molecular flexibility index (Phi) is 4.97. The lowest BCUT2D eigenvalue weighted by Gasteiger charge is -2.55. The van der Waals surface area contributed by atoms with Crippen LogP contribution in [0.3, 0.4) is 0 Å². The van der Waals surface area contributed by atoms with E-state index in [2.05, 4.69) is 34.5 Å². The quantitative estimate of drug-likeness (QED) is 0.811. The van der Waals surface area contributed by atoms with Crippen molar-refractivity contribution in [3.8, 4) is 0 Å². The molecule has 0 bridgehead atoms. The van der Waals surface area contributed by atoms with E-state index in [1.807, 2.05) is 13.8 Å². The smallest absolute Gasteiger partial charge is 0.243 e. The Morgan fingerprint density at radius 1 is 1.22 bits per heavy atom. The highest BCUT2D eigenvalue weighted by molar-refractivity contribution is 6.02. The van der Waals surface area contributed by atoms with Crippen molar-refractivity contribution in [2.24, 2.45) is 5.41 Å². The number of carbonyl (C=O) groups excluding carboxylic acids is 2. The SMILES string of the molecule is CC(C)N1C(=O)C2(CCCC2)C1C(=O)NCCN1CCc2ccccc2C1. The molecule has 2 heterocycles. The first-order valence-electron chi connectivity index (χ1n) is 10.4. The Hall–Kier alpha value is -1.88. The molecule has 0 radical (unpaired) electrons. The molecule has 1 aromatic carbocycles. The molecule has 27 heavy (non-hydrogen) atoms. The summed E-state index contributed by atoms with van der Waals surface area (Å²) < 4.78 is 0. The highest BCUT2D eigenvalue weighted by atomic mass is 16.2.